The molecule has 4 nitrogen and oxygen atoms in total. The lowest BCUT2D eigenvalue weighted by Gasteiger charge is -2.21. The van der Waals surface area contributed by atoms with Crippen molar-refractivity contribution in [2.24, 2.45) is 11.7 Å². The highest BCUT2D eigenvalue weighted by molar-refractivity contribution is 14.1. The zero-order valence-electron chi connectivity index (χ0n) is 13.3. The first-order valence-corrected chi connectivity index (χ1v) is 8.37. The fourth-order valence-electron chi connectivity index (χ4n) is 1.98. The first kappa shape index (κ1) is 18.4. The van der Waals surface area contributed by atoms with Gasteiger partial charge in [0, 0.05) is 15.3 Å². The quantitative estimate of drug-likeness (QED) is 0.689. The summed E-state index contributed by atoms with van der Waals surface area (Å²) >= 11 is 2.27. The Morgan fingerprint density at radius 2 is 2.10 bits per heavy atom. The molecule has 21 heavy (non-hydrogen) atoms. The Morgan fingerprint density at radius 1 is 1.43 bits per heavy atom. The van der Waals surface area contributed by atoms with Crippen LogP contribution in [-0.2, 0) is 4.79 Å². The zero-order chi connectivity index (χ0) is 16.0. The molecule has 0 bridgehead atoms. The van der Waals surface area contributed by atoms with E-state index in [0.29, 0.717) is 12.5 Å². The number of halogens is 1. The van der Waals surface area contributed by atoms with Crippen molar-refractivity contribution in [3.8, 4) is 0 Å². The molecule has 0 saturated carbocycles. The van der Waals surface area contributed by atoms with Crippen LogP contribution in [0.4, 0.5) is 5.69 Å². The van der Waals surface area contributed by atoms with Crippen LogP contribution in [-0.4, -0.2) is 37.0 Å². The molecule has 0 spiro atoms. The molecule has 0 radical (unpaired) electrons. The van der Waals surface area contributed by atoms with Crippen molar-refractivity contribution in [3.05, 3.63) is 27.3 Å². The molecule has 0 aromatic heterocycles. The minimum Gasteiger partial charge on any atom is -0.327 e. The molecule has 1 atom stereocenters. The number of nitrogens with two attached hydrogens (primary N) is 1. The summed E-state index contributed by atoms with van der Waals surface area (Å²) < 4.78 is 1.17. The number of rotatable bonds is 7. The Morgan fingerprint density at radius 3 is 2.67 bits per heavy atom. The Labute approximate surface area is 141 Å². The number of anilines is 1. The highest BCUT2D eigenvalue weighted by Gasteiger charge is 2.12. The molecule has 1 aromatic carbocycles. The van der Waals surface area contributed by atoms with Crippen molar-refractivity contribution >= 4 is 34.2 Å². The van der Waals surface area contributed by atoms with Gasteiger partial charge in [0.2, 0.25) is 5.91 Å². The van der Waals surface area contributed by atoms with Gasteiger partial charge in [0.25, 0.3) is 0 Å². The van der Waals surface area contributed by atoms with Crippen LogP contribution in [0, 0.1) is 16.4 Å². The Bertz CT molecular complexity index is 477. The van der Waals surface area contributed by atoms with Gasteiger partial charge in [-0.3, -0.25) is 9.69 Å². The predicted octanol–water partition coefficient (Wildman–Crippen LogP) is 2.84. The van der Waals surface area contributed by atoms with Crippen molar-refractivity contribution in [2.45, 2.75) is 33.2 Å². The maximum absolute atomic E-state index is 12.1. The molecular weight excluding hydrogens is 377 g/mol. The van der Waals surface area contributed by atoms with Crippen LogP contribution in [0.5, 0.6) is 0 Å². The fraction of sp³-hybridized carbons (Fsp3) is 0.562. The Kier molecular flexibility index (Phi) is 7.62. The lowest BCUT2D eigenvalue weighted by molar-refractivity contribution is -0.117. The third-order valence-electron chi connectivity index (χ3n) is 3.58. The maximum atomic E-state index is 12.1. The number of carbonyl (C=O) groups excluding carboxylic acids is 1. The molecule has 0 aliphatic heterocycles. The lowest BCUT2D eigenvalue weighted by Crippen LogP contribution is -2.35. The number of likely N-dealkylation sites (N-methyl/N-ethyl adjacent to an activating group) is 1. The number of carbonyl (C=O) groups is 1. The zero-order valence-corrected chi connectivity index (χ0v) is 15.5. The van der Waals surface area contributed by atoms with E-state index in [-0.39, 0.29) is 11.9 Å². The first-order chi connectivity index (χ1) is 9.79. The summed E-state index contributed by atoms with van der Waals surface area (Å²) in [6.45, 7) is 7.46. The minimum absolute atomic E-state index is 0.0138. The van der Waals surface area contributed by atoms with Gasteiger partial charge in [-0.1, -0.05) is 13.8 Å². The van der Waals surface area contributed by atoms with Gasteiger partial charge in [-0.2, -0.15) is 0 Å². The molecule has 118 valence electrons. The number of benzene rings is 1. The van der Waals surface area contributed by atoms with E-state index in [9.17, 15) is 4.79 Å². The van der Waals surface area contributed by atoms with E-state index >= 15 is 0 Å². The van der Waals surface area contributed by atoms with Gasteiger partial charge in [0.05, 0.1) is 6.54 Å². The van der Waals surface area contributed by atoms with E-state index in [1.165, 1.54) is 3.57 Å². The number of amides is 1. The second kappa shape index (κ2) is 8.70. The maximum Gasteiger partial charge on any atom is 0.238 e. The summed E-state index contributed by atoms with van der Waals surface area (Å²) in [7, 11) is 1.95. The number of aryl methyl sites for hydroxylation is 1. The van der Waals surface area contributed by atoms with Crippen molar-refractivity contribution in [1.29, 1.82) is 0 Å². The predicted molar refractivity (Wildman–Crippen MR) is 97.5 cm³/mol. The van der Waals surface area contributed by atoms with Crippen LogP contribution < -0.4 is 11.1 Å². The van der Waals surface area contributed by atoms with Crippen LogP contribution in [0.2, 0.25) is 0 Å². The van der Waals surface area contributed by atoms with Gasteiger partial charge < -0.3 is 11.1 Å². The molecule has 1 aromatic rings. The molecule has 0 fully saturated rings. The van der Waals surface area contributed by atoms with Crippen LogP contribution in [0.1, 0.15) is 25.8 Å². The summed E-state index contributed by atoms with van der Waals surface area (Å²) in [5, 5.41) is 2.96. The molecule has 1 rings (SSSR count). The van der Waals surface area contributed by atoms with Gasteiger partial charge in [-0.15, -0.1) is 0 Å². The van der Waals surface area contributed by atoms with Crippen molar-refractivity contribution in [3.63, 3.8) is 0 Å². The summed E-state index contributed by atoms with van der Waals surface area (Å²) in [6, 6.07) is 6.19. The number of hydrogen-bond donors (Lipinski definition) is 2. The molecule has 0 saturated heterocycles. The van der Waals surface area contributed by atoms with Gasteiger partial charge >= 0.3 is 0 Å². The molecule has 5 heteroatoms. The first-order valence-electron chi connectivity index (χ1n) is 7.29. The molecule has 1 unspecified atom stereocenters. The van der Waals surface area contributed by atoms with Crippen LogP contribution in [0.15, 0.2) is 18.2 Å². The summed E-state index contributed by atoms with van der Waals surface area (Å²) in [5.41, 5.74) is 7.99. The largest absolute Gasteiger partial charge is 0.327 e. The van der Waals surface area contributed by atoms with Crippen LogP contribution >= 0.6 is 22.6 Å². The van der Waals surface area contributed by atoms with Gasteiger partial charge in [0.15, 0.2) is 0 Å². The van der Waals surface area contributed by atoms with Crippen LogP contribution in [0.25, 0.3) is 0 Å². The second-order valence-corrected chi connectivity index (χ2v) is 7.19. The average Bonchev–Trinajstić information content (AvgIpc) is 2.39. The molecule has 1 amide bonds. The molecule has 0 heterocycles. The van der Waals surface area contributed by atoms with Crippen molar-refractivity contribution in [2.75, 3.05) is 25.5 Å². The second-order valence-electron chi connectivity index (χ2n) is 5.94. The van der Waals surface area contributed by atoms with Gasteiger partial charge in [0.1, 0.15) is 0 Å². The summed E-state index contributed by atoms with van der Waals surface area (Å²) in [6.07, 6.45) is 0.907. The normalized spacial score (nSPS) is 12.8. The highest BCUT2D eigenvalue weighted by atomic mass is 127. The third kappa shape index (κ3) is 6.76. The fourth-order valence-corrected chi connectivity index (χ4v) is 2.63. The average molecular weight is 403 g/mol. The van der Waals surface area contributed by atoms with Gasteiger partial charge in [-0.05, 0) is 79.2 Å². The Hall–Kier alpha value is -0.660. The molecule has 0 aliphatic carbocycles. The number of nitrogens with one attached hydrogen (secondary N) is 1. The number of nitrogens with zero attached hydrogens (tertiary/aromatic N) is 1. The number of hydrogen-bond acceptors (Lipinski definition) is 3. The minimum atomic E-state index is 0.0138. The van der Waals surface area contributed by atoms with E-state index in [0.717, 1.165) is 24.2 Å². The van der Waals surface area contributed by atoms with E-state index in [2.05, 4.69) is 47.8 Å². The standard InChI is InChI=1S/C16H26IN3O/c1-11(2)14(18)7-8-20(4)10-16(21)19-15-6-5-13(17)9-12(15)3/h5-6,9,11,14H,7-8,10,18H2,1-4H3,(H,19,21). The van der Waals surface area contributed by atoms with Crippen molar-refractivity contribution < 1.29 is 4.79 Å². The molecular formula is C16H26IN3O. The monoisotopic (exact) mass is 403 g/mol. The molecule has 0 aliphatic rings. The van der Waals surface area contributed by atoms with E-state index in [1.807, 2.05) is 31.0 Å². The van der Waals surface area contributed by atoms with Gasteiger partial charge in [-0.25, -0.2) is 0 Å². The highest BCUT2D eigenvalue weighted by Crippen LogP contribution is 2.17. The van der Waals surface area contributed by atoms with Crippen molar-refractivity contribution in [1.82, 2.24) is 4.90 Å². The SMILES string of the molecule is Cc1cc(I)ccc1NC(=O)CN(C)CCC(N)C(C)C. The smallest absolute Gasteiger partial charge is 0.238 e. The van der Waals surface area contributed by atoms with E-state index in [4.69, 9.17) is 5.73 Å². The van der Waals surface area contributed by atoms with E-state index in [1.54, 1.807) is 0 Å². The van der Waals surface area contributed by atoms with E-state index < -0.39 is 0 Å². The lowest BCUT2D eigenvalue weighted by atomic mass is 10.0. The third-order valence-corrected chi connectivity index (χ3v) is 4.25. The summed E-state index contributed by atoms with van der Waals surface area (Å²) in [5.74, 6) is 0.488. The summed E-state index contributed by atoms with van der Waals surface area (Å²) in [4.78, 5) is 14.1. The topological polar surface area (TPSA) is 58.4 Å². The van der Waals surface area contributed by atoms with Crippen LogP contribution in [0.3, 0.4) is 0 Å². The molecule has 3 N–H and O–H groups in total. The Balaban J connectivity index is 2.42.